The van der Waals surface area contributed by atoms with Crippen molar-refractivity contribution in [2.75, 3.05) is 0 Å². The number of hydrogen-bond donors (Lipinski definition) is 0. The summed E-state index contributed by atoms with van der Waals surface area (Å²) in [4.78, 5) is 3.25. The largest absolute Gasteiger partial charge is 0.434 e. The zero-order chi connectivity index (χ0) is 14.3. The minimum atomic E-state index is -4.75. The molecule has 1 aromatic heterocycles. The Kier molecular flexibility index (Phi) is 3.69. The number of imidazole rings is 1. The van der Waals surface area contributed by atoms with Crippen LogP contribution in [0.25, 0.3) is 0 Å². The van der Waals surface area contributed by atoms with Crippen molar-refractivity contribution >= 4 is 0 Å². The molecule has 0 fully saturated rings. The van der Waals surface area contributed by atoms with Gasteiger partial charge in [0, 0.05) is 12.1 Å². The number of aromatic nitrogens is 2. The van der Waals surface area contributed by atoms with Gasteiger partial charge >= 0.3 is 12.4 Å². The van der Waals surface area contributed by atoms with E-state index < -0.39 is 30.0 Å². The van der Waals surface area contributed by atoms with Crippen LogP contribution >= 0.6 is 0 Å². The summed E-state index contributed by atoms with van der Waals surface area (Å²) in [6.45, 7) is 3.78. The van der Waals surface area contributed by atoms with Crippen LogP contribution < -0.4 is 0 Å². The van der Waals surface area contributed by atoms with Gasteiger partial charge in [-0.15, -0.1) is 0 Å². The van der Waals surface area contributed by atoms with E-state index in [0.717, 1.165) is 6.92 Å². The molecule has 0 bridgehead atoms. The van der Waals surface area contributed by atoms with Crippen LogP contribution in [0.5, 0.6) is 0 Å². The Morgan fingerprint density at radius 3 is 1.89 bits per heavy atom. The summed E-state index contributed by atoms with van der Waals surface area (Å²) < 4.78 is 75.5. The van der Waals surface area contributed by atoms with Gasteiger partial charge in [-0.1, -0.05) is 13.8 Å². The van der Waals surface area contributed by atoms with Crippen LogP contribution in [0.1, 0.15) is 44.2 Å². The molecule has 1 rings (SSSR count). The third kappa shape index (κ3) is 2.97. The molecule has 0 N–H and O–H groups in total. The molecule has 0 amide bonds. The van der Waals surface area contributed by atoms with E-state index in [1.54, 1.807) is 0 Å². The standard InChI is InChI=1S/C10H12F6N2/c1-5(2)8-17-7(10(14,15)16)4-18(8)6(3)9(11,12)13/h4-6H,1-3H3. The normalized spacial score (nSPS) is 15.2. The predicted molar refractivity (Wildman–Crippen MR) is 52.1 cm³/mol. The summed E-state index contributed by atoms with van der Waals surface area (Å²) in [6, 6.07) is -2.04. The summed E-state index contributed by atoms with van der Waals surface area (Å²) in [5.41, 5.74) is -1.30. The first-order chi connectivity index (χ1) is 7.94. The van der Waals surface area contributed by atoms with E-state index >= 15 is 0 Å². The van der Waals surface area contributed by atoms with Crippen molar-refractivity contribution in [2.24, 2.45) is 0 Å². The molecule has 1 unspecified atom stereocenters. The van der Waals surface area contributed by atoms with E-state index in [1.807, 2.05) is 0 Å². The molecule has 0 aliphatic rings. The molecule has 1 heterocycles. The van der Waals surface area contributed by atoms with E-state index in [2.05, 4.69) is 4.98 Å². The first kappa shape index (κ1) is 14.8. The summed E-state index contributed by atoms with van der Waals surface area (Å²) in [7, 11) is 0. The van der Waals surface area contributed by atoms with E-state index in [9.17, 15) is 26.3 Å². The molecule has 0 saturated carbocycles. The molecule has 0 aliphatic heterocycles. The number of halogens is 6. The molecule has 0 radical (unpaired) electrons. The number of hydrogen-bond acceptors (Lipinski definition) is 1. The van der Waals surface area contributed by atoms with E-state index in [-0.39, 0.29) is 5.82 Å². The fourth-order valence-electron chi connectivity index (χ4n) is 1.44. The van der Waals surface area contributed by atoms with Gasteiger partial charge in [-0.25, -0.2) is 4.98 Å². The highest BCUT2D eigenvalue weighted by atomic mass is 19.4. The lowest BCUT2D eigenvalue weighted by Gasteiger charge is -2.20. The van der Waals surface area contributed by atoms with Crippen molar-refractivity contribution in [1.29, 1.82) is 0 Å². The van der Waals surface area contributed by atoms with Crippen LogP contribution in [0.3, 0.4) is 0 Å². The number of nitrogens with zero attached hydrogens (tertiary/aromatic N) is 2. The van der Waals surface area contributed by atoms with Crippen LogP contribution in [-0.2, 0) is 6.18 Å². The lowest BCUT2D eigenvalue weighted by molar-refractivity contribution is -0.164. The Hall–Kier alpha value is -1.21. The van der Waals surface area contributed by atoms with Crippen LogP contribution in [0.2, 0.25) is 0 Å². The highest BCUT2D eigenvalue weighted by molar-refractivity contribution is 5.12. The number of alkyl halides is 6. The van der Waals surface area contributed by atoms with Gasteiger partial charge in [0.1, 0.15) is 11.9 Å². The zero-order valence-corrected chi connectivity index (χ0v) is 9.89. The van der Waals surface area contributed by atoms with E-state index in [1.165, 1.54) is 13.8 Å². The minimum Gasteiger partial charge on any atom is -0.322 e. The van der Waals surface area contributed by atoms with Gasteiger partial charge in [0.2, 0.25) is 0 Å². The van der Waals surface area contributed by atoms with Gasteiger partial charge < -0.3 is 4.57 Å². The molecule has 0 aliphatic carbocycles. The second-order valence-corrected chi connectivity index (χ2v) is 4.26. The van der Waals surface area contributed by atoms with Crippen LogP contribution in [-0.4, -0.2) is 15.7 Å². The van der Waals surface area contributed by atoms with Crippen molar-refractivity contribution in [3.05, 3.63) is 17.7 Å². The Morgan fingerprint density at radius 2 is 1.56 bits per heavy atom. The lowest BCUT2D eigenvalue weighted by atomic mass is 10.2. The topological polar surface area (TPSA) is 17.8 Å². The molecular weight excluding hydrogens is 262 g/mol. The van der Waals surface area contributed by atoms with Crippen molar-refractivity contribution in [1.82, 2.24) is 9.55 Å². The Balaban J connectivity index is 3.30. The third-order valence-corrected chi connectivity index (χ3v) is 2.46. The quantitative estimate of drug-likeness (QED) is 0.741. The summed E-state index contributed by atoms with van der Waals surface area (Å²) >= 11 is 0. The zero-order valence-electron chi connectivity index (χ0n) is 9.89. The van der Waals surface area contributed by atoms with E-state index in [4.69, 9.17) is 0 Å². The monoisotopic (exact) mass is 274 g/mol. The second kappa shape index (κ2) is 4.47. The molecule has 0 spiro atoms. The second-order valence-electron chi connectivity index (χ2n) is 4.26. The van der Waals surface area contributed by atoms with Gasteiger partial charge in [-0.05, 0) is 6.92 Å². The third-order valence-electron chi connectivity index (χ3n) is 2.46. The lowest BCUT2D eigenvalue weighted by Crippen LogP contribution is -2.25. The van der Waals surface area contributed by atoms with Gasteiger partial charge in [-0.2, -0.15) is 26.3 Å². The highest BCUT2D eigenvalue weighted by Gasteiger charge is 2.41. The molecule has 8 heteroatoms. The molecule has 0 saturated heterocycles. The maximum absolute atomic E-state index is 12.6. The smallest absolute Gasteiger partial charge is 0.322 e. The molecule has 0 aromatic carbocycles. The summed E-state index contributed by atoms with van der Waals surface area (Å²) in [5, 5.41) is 0. The molecule has 104 valence electrons. The van der Waals surface area contributed by atoms with Crippen LogP contribution in [0.4, 0.5) is 26.3 Å². The maximum Gasteiger partial charge on any atom is 0.434 e. The Labute approximate surface area is 99.6 Å². The molecular formula is C10H12F6N2. The average molecular weight is 274 g/mol. The van der Waals surface area contributed by atoms with Crippen molar-refractivity contribution in [3.63, 3.8) is 0 Å². The predicted octanol–water partition coefficient (Wildman–Crippen LogP) is 4.15. The average Bonchev–Trinajstić information content (AvgIpc) is 2.58. The summed E-state index contributed by atoms with van der Waals surface area (Å²) in [6.07, 6.45) is -8.96. The van der Waals surface area contributed by atoms with Crippen molar-refractivity contribution in [2.45, 2.75) is 45.1 Å². The fraction of sp³-hybridized carbons (Fsp3) is 0.700. The van der Waals surface area contributed by atoms with Crippen molar-refractivity contribution < 1.29 is 26.3 Å². The van der Waals surface area contributed by atoms with Gasteiger partial charge in [0.15, 0.2) is 5.69 Å². The van der Waals surface area contributed by atoms with Crippen LogP contribution in [0, 0.1) is 0 Å². The SMILES string of the molecule is CC(C)c1nc(C(F)(F)F)cn1C(C)C(F)(F)F. The fourth-order valence-corrected chi connectivity index (χ4v) is 1.44. The Bertz CT molecular complexity index is 415. The first-order valence-corrected chi connectivity index (χ1v) is 5.17. The molecule has 18 heavy (non-hydrogen) atoms. The molecule has 2 nitrogen and oxygen atoms in total. The number of rotatable bonds is 2. The first-order valence-electron chi connectivity index (χ1n) is 5.17. The van der Waals surface area contributed by atoms with Gasteiger partial charge in [0.05, 0.1) is 0 Å². The summed E-state index contributed by atoms with van der Waals surface area (Å²) in [5.74, 6) is -0.766. The maximum atomic E-state index is 12.6. The van der Waals surface area contributed by atoms with Gasteiger partial charge in [0.25, 0.3) is 0 Å². The minimum absolute atomic E-state index is 0.229. The van der Waals surface area contributed by atoms with Crippen molar-refractivity contribution in [3.8, 4) is 0 Å². The molecule has 1 aromatic rings. The molecule has 1 atom stereocenters. The van der Waals surface area contributed by atoms with Crippen LogP contribution in [0.15, 0.2) is 6.20 Å². The van der Waals surface area contributed by atoms with Gasteiger partial charge in [-0.3, -0.25) is 0 Å². The highest BCUT2D eigenvalue weighted by Crippen LogP contribution is 2.36. The Morgan fingerprint density at radius 1 is 1.06 bits per heavy atom. The van der Waals surface area contributed by atoms with E-state index in [0.29, 0.717) is 10.8 Å².